The van der Waals surface area contributed by atoms with Crippen molar-refractivity contribution in [3.05, 3.63) is 28.2 Å². The van der Waals surface area contributed by atoms with E-state index in [0.717, 1.165) is 42.2 Å². The predicted molar refractivity (Wildman–Crippen MR) is 89.5 cm³/mol. The van der Waals surface area contributed by atoms with Crippen molar-refractivity contribution >= 4 is 44.3 Å². The van der Waals surface area contributed by atoms with Gasteiger partial charge in [0, 0.05) is 41.9 Å². The maximum absolute atomic E-state index is 6.18. The van der Waals surface area contributed by atoms with Gasteiger partial charge in [-0.15, -0.1) is 0 Å². The number of amidine groups is 2. The van der Waals surface area contributed by atoms with Gasteiger partial charge in [0.05, 0.1) is 0 Å². The largest absolute Gasteiger partial charge is 0.373 e. The highest BCUT2D eigenvalue weighted by Gasteiger charge is 2.40. The molecule has 0 bridgehead atoms. The van der Waals surface area contributed by atoms with E-state index in [1.54, 1.807) is 0 Å². The third-order valence-electron chi connectivity index (χ3n) is 4.13. The van der Waals surface area contributed by atoms with Crippen molar-refractivity contribution in [2.24, 2.45) is 9.98 Å². The molecule has 3 aliphatic heterocycles. The first-order valence-corrected chi connectivity index (χ1v) is 8.23. The quantitative estimate of drug-likeness (QED) is 0.690. The lowest BCUT2D eigenvalue weighted by Gasteiger charge is -2.35. The highest BCUT2D eigenvalue weighted by molar-refractivity contribution is 9.10. The molecule has 2 N–H and O–H groups in total. The minimum absolute atomic E-state index is 0.0167. The van der Waals surface area contributed by atoms with Crippen LogP contribution in [0.4, 0.5) is 5.69 Å². The predicted octanol–water partition coefficient (Wildman–Crippen LogP) is 2.20. The first kappa shape index (κ1) is 13.5. The molecule has 110 valence electrons. The van der Waals surface area contributed by atoms with E-state index < -0.39 is 0 Å². The van der Waals surface area contributed by atoms with E-state index in [2.05, 4.69) is 53.6 Å². The van der Waals surface area contributed by atoms with Crippen LogP contribution in [0.1, 0.15) is 11.6 Å². The van der Waals surface area contributed by atoms with Crippen LogP contribution in [0.2, 0.25) is 0 Å². The fourth-order valence-corrected chi connectivity index (χ4v) is 3.71. The van der Waals surface area contributed by atoms with Crippen LogP contribution in [0.25, 0.3) is 0 Å². The summed E-state index contributed by atoms with van der Waals surface area (Å²) in [6, 6.07) is 6.33. The topological polar surface area (TPSA) is 52.0 Å². The van der Waals surface area contributed by atoms with Crippen LogP contribution in [-0.2, 0) is 0 Å². The summed E-state index contributed by atoms with van der Waals surface area (Å²) in [4.78, 5) is 11.3. The van der Waals surface area contributed by atoms with Gasteiger partial charge in [0.2, 0.25) is 5.29 Å². The smallest absolute Gasteiger partial charge is 0.220 e. The fourth-order valence-electron chi connectivity index (χ4n) is 3.16. The summed E-state index contributed by atoms with van der Waals surface area (Å²) >= 11 is 9.70. The molecule has 0 radical (unpaired) electrons. The number of nitrogens with zero attached hydrogens (tertiary/aromatic N) is 3. The zero-order chi connectivity index (χ0) is 14.4. The van der Waals surface area contributed by atoms with E-state index in [-0.39, 0.29) is 12.1 Å². The second kappa shape index (κ2) is 5.26. The van der Waals surface area contributed by atoms with Gasteiger partial charge in [-0.1, -0.05) is 22.0 Å². The van der Waals surface area contributed by atoms with Gasteiger partial charge >= 0.3 is 0 Å². The lowest BCUT2D eigenvalue weighted by Crippen LogP contribution is -2.52. The molecule has 4 rings (SSSR count). The molecule has 1 aromatic rings. The number of anilines is 1. The van der Waals surface area contributed by atoms with Crippen LogP contribution in [0.15, 0.2) is 32.7 Å². The zero-order valence-corrected chi connectivity index (χ0v) is 13.7. The van der Waals surface area contributed by atoms with E-state index in [1.165, 1.54) is 5.56 Å². The summed E-state index contributed by atoms with van der Waals surface area (Å²) in [6.07, 6.45) is 0. The van der Waals surface area contributed by atoms with Gasteiger partial charge in [-0.05, 0) is 23.7 Å². The average Bonchev–Trinajstić information content (AvgIpc) is 2.84. The van der Waals surface area contributed by atoms with Crippen molar-refractivity contribution in [1.29, 1.82) is 0 Å². The Morgan fingerprint density at radius 2 is 2.10 bits per heavy atom. The zero-order valence-electron chi connectivity index (χ0n) is 11.3. The Morgan fingerprint density at radius 1 is 1.29 bits per heavy atom. The summed E-state index contributed by atoms with van der Waals surface area (Å²) in [5, 5.41) is 7.27. The van der Waals surface area contributed by atoms with E-state index in [9.17, 15) is 0 Å². The van der Waals surface area contributed by atoms with Crippen LogP contribution in [-0.4, -0.2) is 48.3 Å². The van der Waals surface area contributed by atoms with Crippen LogP contribution in [0, 0.1) is 0 Å². The third kappa shape index (κ3) is 2.35. The molecule has 5 nitrogen and oxygen atoms in total. The monoisotopic (exact) mass is 367 g/mol. The molecule has 0 spiro atoms. The maximum Gasteiger partial charge on any atom is 0.220 e. The molecule has 0 aliphatic carbocycles. The average molecular weight is 369 g/mol. The normalized spacial score (nSPS) is 27.4. The first-order chi connectivity index (χ1) is 10.2. The standard InChI is InChI=1S/C14H15BrClN5/c15-8-1-2-9-10(7-8)18-12-11(9)19-14(16)20-13(12)21-5-3-17-4-6-21/h1-2,7,11-12,17-18H,3-6H2. The Kier molecular flexibility index (Phi) is 3.40. The molecule has 1 saturated heterocycles. The molecule has 3 aliphatic rings. The van der Waals surface area contributed by atoms with Gasteiger partial charge in [0.1, 0.15) is 17.9 Å². The Morgan fingerprint density at radius 3 is 2.90 bits per heavy atom. The molecule has 1 fully saturated rings. The fraction of sp³-hybridized carbons (Fsp3) is 0.429. The van der Waals surface area contributed by atoms with E-state index in [0.29, 0.717) is 5.29 Å². The summed E-state index contributed by atoms with van der Waals surface area (Å²) < 4.78 is 1.06. The number of benzene rings is 1. The molecule has 21 heavy (non-hydrogen) atoms. The minimum atomic E-state index is 0.0167. The highest BCUT2D eigenvalue weighted by atomic mass is 79.9. The molecule has 7 heteroatoms. The van der Waals surface area contributed by atoms with E-state index in [4.69, 9.17) is 11.6 Å². The number of piperazine rings is 1. The van der Waals surface area contributed by atoms with Gasteiger partial charge in [-0.3, -0.25) is 0 Å². The van der Waals surface area contributed by atoms with E-state index >= 15 is 0 Å². The second-order valence-electron chi connectivity index (χ2n) is 5.40. The van der Waals surface area contributed by atoms with Gasteiger partial charge in [-0.25, -0.2) is 9.98 Å². The molecule has 1 aromatic carbocycles. The summed E-state index contributed by atoms with van der Waals surface area (Å²) in [6.45, 7) is 3.86. The molecule has 2 unspecified atom stereocenters. The lowest BCUT2D eigenvalue weighted by molar-refractivity contribution is 0.346. The number of hydrogen-bond donors (Lipinski definition) is 2. The molecule has 0 saturated carbocycles. The van der Waals surface area contributed by atoms with Gasteiger partial charge in [0.25, 0.3) is 0 Å². The number of fused-ring (bicyclic) bond motifs is 3. The van der Waals surface area contributed by atoms with Crippen molar-refractivity contribution in [1.82, 2.24) is 10.2 Å². The van der Waals surface area contributed by atoms with Crippen LogP contribution in [0.5, 0.6) is 0 Å². The van der Waals surface area contributed by atoms with Gasteiger partial charge < -0.3 is 15.5 Å². The lowest BCUT2D eigenvalue weighted by atomic mass is 10.0. The number of halogens is 2. The molecule has 2 atom stereocenters. The Balaban J connectivity index is 1.71. The van der Waals surface area contributed by atoms with E-state index in [1.807, 2.05) is 6.07 Å². The molecular weight excluding hydrogens is 354 g/mol. The highest BCUT2D eigenvalue weighted by Crippen LogP contribution is 2.41. The number of aliphatic imine (C=N–C) groups is 2. The van der Waals surface area contributed by atoms with Crippen molar-refractivity contribution in [3.8, 4) is 0 Å². The van der Waals surface area contributed by atoms with Crippen molar-refractivity contribution < 1.29 is 0 Å². The van der Waals surface area contributed by atoms with Crippen molar-refractivity contribution in [2.75, 3.05) is 31.5 Å². The SMILES string of the molecule is ClC1=NC2c3ccc(Br)cc3NC2C(N2CCNCC2)=N1. The third-order valence-corrected chi connectivity index (χ3v) is 4.81. The molecule has 0 aromatic heterocycles. The minimum Gasteiger partial charge on any atom is -0.373 e. The summed E-state index contributed by atoms with van der Waals surface area (Å²) in [7, 11) is 0. The maximum atomic E-state index is 6.18. The Hall–Kier alpha value is -1.11. The molecule has 0 amide bonds. The summed E-state index contributed by atoms with van der Waals surface area (Å²) in [5.74, 6) is 1.01. The van der Waals surface area contributed by atoms with Gasteiger partial charge in [-0.2, -0.15) is 0 Å². The van der Waals surface area contributed by atoms with Crippen molar-refractivity contribution in [3.63, 3.8) is 0 Å². The molecular formula is C14H15BrClN5. The second-order valence-corrected chi connectivity index (χ2v) is 6.66. The van der Waals surface area contributed by atoms with Crippen LogP contribution < -0.4 is 10.6 Å². The van der Waals surface area contributed by atoms with Crippen LogP contribution in [0.3, 0.4) is 0 Å². The first-order valence-electron chi connectivity index (χ1n) is 7.06. The van der Waals surface area contributed by atoms with Crippen molar-refractivity contribution in [2.45, 2.75) is 12.1 Å². The Labute approximate surface area is 136 Å². The Bertz CT molecular complexity index is 638. The van der Waals surface area contributed by atoms with Crippen LogP contribution >= 0.6 is 27.5 Å². The number of nitrogens with one attached hydrogen (secondary N) is 2. The summed E-state index contributed by atoms with van der Waals surface area (Å²) in [5.41, 5.74) is 2.29. The molecule has 3 heterocycles. The van der Waals surface area contributed by atoms with Gasteiger partial charge in [0.15, 0.2) is 0 Å². The number of rotatable bonds is 0. The number of hydrogen-bond acceptors (Lipinski definition) is 5.